The molecule has 1 aliphatic rings. The molecular formula is C15H26N2. The molecule has 1 saturated carbocycles. The molecule has 0 unspecified atom stereocenters. The van der Waals surface area contributed by atoms with E-state index < -0.39 is 0 Å². The van der Waals surface area contributed by atoms with E-state index in [1.165, 1.54) is 30.7 Å². The Labute approximate surface area is 105 Å². The van der Waals surface area contributed by atoms with Gasteiger partial charge < -0.3 is 0 Å². The quantitative estimate of drug-likeness (QED) is 0.769. The van der Waals surface area contributed by atoms with Crippen molar-refractivity contribution in [2.45, 2.75) is 71.8 Å². The van der Waals surface area contributed by atoms with E-state index >= 15 is 0 Å². The molecule has 0 aromatic carbocycles. The van der Waals surface area contributed by atoms with Crippen molar-refractivity contribution in [3.63, 3.8) is 0 Å². The zero-order chi connectivity index (χ0) is 12.6. The number of hydrogen-bond acceptors (Lipinski definition) is 1. The van der Waals surface area contributed by atoms with Crippen molar-refractivity contribution in [3.8, 4) is 0 Å². The van der Waals surface area contributed by atoms with Crippen LogP contribution in [0, 0.1) is 5.92 Å². The maximum absolute atomic E-state index is 4.84. The topological polar surface area (TPSA) is 17.8 Å². The number of rotatable bonds is 3. The normalized spacial score (nSPS) is 17.5. The zero-order valence-electron chi connectivity index (χ0n) is 12.0. The number of nitrogens with zero attached hydrogens (tertiary/aromatic N) is 2. The summed E-state index contributed by atoms with van der Waals surface area (Å²) in [5.41, 5.74) is 2.80. The minimum atomic E-state index is 0.161. The molecule has 0 amide bonds. The van der Waals surface area contributed by atoms with Crippen LogP contribution in [-0.4, -0.2) is 9.78 Å². The van der Waals surface area contributed by atoms with Crippen LogP contribution in [0.5, 0.6) is 0 Å². The fraction of sp³-hybridized carbons (Fsp3) is 0.800. The fourth-order valence-electron chi connectivity index (χ4n) is 2.33. The molecule has 2 nitrogen and oxygen atoms in total. The Bertz CT molecular complexity index is 378. The van der Waals surface area contributed by atoms with Crippen molar-refractivity contribution in [3.05, 3.63) is 17.5 Å². The SMILES string of the molecule is CC(C)c1cc(C(C)(C)C)nn1CC1CCC1. The number of aromatic nitrogens is 2. The highest BCUT2D eigenvalue weighted by molar-refractivity contribution is 5.19. The van der Waals surface area contributed by atoms with Crippen LogP contribution in [0.1, 0.15) is 71.2 Å². The van der Waals surface area contributed by atoms with E-state index in [0.29, 0.717) is 5.92 Å². The summed E-state index contributed by atoms with van der Waals surface area (Å²) in [5, 5.41) is 4.84. The van der Waals surface area contributed by atoms with Gasteiger partial charge in [0.05, 0.1) is 5.69 Å². The maximum Gasteiger partial charge on any atom is 0.0680 e. The van der Waals surface area contributed by atoms with E-state index in [2.05, 4.69) is 45.4 Å². The third-order valence-electron chi connectivity index (χ3n) is 3.83. The predicted molar refractivity (Wildman–Crippen MR) is 72.4 cm³/mol. The molecular weight excluding hydrogens is 208 g/mol. The fourth-order valence-corrected chi connectivity index (χ4v) is 2.33. The minimum absolute atomic E-state index is 0.161. The van der Waals surface area contributed by atoms with Gasteiger partial charge in [-0.05, 0) is 30.7 Å². The van der Waals surface area contributed by atoms with Gasteiger partial charge in [-0.3, -0.25) is 4.68 Å². The largest absolute Gasteiger partial charge is 0.269 e. The molecule has 0 spiro atoms. The maximum atomic E-state index is 4.84. The first kappa shape index (κ1) is 12.7. The molecule has 96 valence electrons. The molecule has 1 fully saturated rings. The molecule has 0 atom stereocenters. The molecule has 1 aromatic heterocycles. The molecule has 0 aliphatic heterocycles. The Morgan fingerprint density at radius 1 is 1.35 bits per heavy atom. The second-order valence-electron chi connectivity index (χ2n) is 6.84. The van der Waals surface area contributed by atoms with E-state index in [4.69, 9.17) is 5.10 Å². The average molecular weight is 234 g/mol. The molecule has 2 rings (SSSR count). The van der Waals surface area contributed by atoms with Gasteiger partial charge in [-0.2, -0.15) is 5.10 Å². The van der Waals surface area contributed by atoms with E-state index in [1.54, 1.807) is 0 Å². The Morgan fingerprint density at radius 2 is 2.00 bits per heavy atom. The van der Waals surface area contributed by atoms with Crippen LogP contribution in [0.25, 0.3) is 0 Å². The van der Waals surface area contributed by atoms with Crippen LogP contribution in [0.3, 0.4) is 0 Å². The lowest BCUT2D eigenvalue weighted by atomic mass is 9.85. The van der Waals surface area contributed by atoms with Crippen LogP contribution < -0.4 is 0 Å². The highest BCUT2D eigenvalue weighted by atomic mass is 15.3. The third kappa shape index (κ3) is 2.72. The van der Waals surface area contributed by atoms with Crippen molar-refractivity contribution >= 4 is 0 Å². The van der Waals surface area contributed by atoms with Gasteiger partial charge in [0.25, 0.3) is 0 Å². The van der Waals surface area contributed by atoms with Crippen molar-refractivity contribution in [2.75, 3.05) is 0 Å². The lowest BCUT2D eigenvalue weighted by molar-refractivity contribution is 0.261. The van der Waals surface area contributed by atoms with Gasteiger partial charge in [0.1, 0.15) is 0 Å². The van der Waals surface area contributed by atoms with Crippen LogP contribution >= 0.6 is 0 Å². The van der Waals surface area contributed by atoms with Crippen LogP contribution in [0.2, 0.25) is 0 Å². The predicted octanol–water partition coefficient (Wildman–Crippen LogP) is 4.10. The summed E-state index contributed by atoms with van der Waals surface area (Å²) in [6, 6.07) is 2.31. The van der Waals surface area contributed by atoms with Gasteiger partial charge in [-0.15, -0.1) is 0 Å². The third-order valence-corrected chi connectivity index (χ3v) is 3.83. The Balaban J connectivity index is 2.24. The van der Waals surface area contributed by atoms with Gasteiger partial charge in [0.15, 0.2) is 0 Å². The number of hydrogen-bond donors (Lipinski definition) is 0. The Morgan fingerprint density at radius 3 is 2.41 bits per heavy atom. The van der Waals surface area contributed by atoms with Crippen molar-refractivity contribution in [1.29, 1.82) is 0 Å². The smallest absolute Gasteiger partial charge is 0.0680 e. The standard InChI is InChI=1S/C15H26N2/c1-11(2)13-9-14(15(3,4)5)16-17(13)10-12-7-6-8-12/h9,11-12H,6-8,10H2,1-5H3. The molecule has 0 radical (unpaired) electrons. The molecule has 1 aliphatic carbocycles. The first-order valence-electron chi connectivity index (χ1n) is 6.96. The van der Waals surface area contributed by atoms with Gasteiger partial charge in [-0.1, -0.05) is 41.0 Å². The van der Waals surface area contributed by atoms with E-state index in [9.17, 15) is 0 Å². The zero-order valence-corrected chi connectivity index (χ0v) is 12.0. The Hall–Kier alpha value is -0.790. The molecule has 0 N–H and O–H groups in total. The summed E-state index contributed by atoms with van der Waals surface area (Å²) in [6.45, 7) is 12.4. The minimum Gasteiger partial charge on any atom is -0.269 e. The van der Waals surface area contributed by atoms with Gasteiger partial charge in [0.2, 0.25) is 0 Å². The first-order chi connectivity index (χ1) is 7.88. The van der Waals surface area contributed by atoms with Crippen molar-refractivity contribution < 1.29 is 0 Å². The second kappa shape index (κ2) is 4.47. The van der Waals surface area contributed by atoms with Crippen molar-refractivity contribution in [1.82, 2.24) is 9.78 Å². The lowest BCUT2D eigenvalue weighted by Crippen LogP contribution is -2.21. The summed E-state index contributed by atoms with van der Waals surface area (Å²) < 4.78 is 2.27. The molecule has 0 saturated heterocycles. The summed E-state index contributed by atoms with van der Waals surface area (Å²) in [4.78, 5) is 0. The summed E-state index contributed by atoms with van der Waals surface area (Å²) in [5.74, 6) is 1.44. The highest BCUT2D eigenvalue weighted by Gasteiger charge is 2.24. The van der Waals surface area contributed by atoms with Gasteiger partial charge in [-0.25, -0.2) is 0 Å². The van der Waals surface area contributed by atoms with Gasteiger partial charge in [0, 0.05) is 17.7 Å². The molecule has 0 bridgehead atoms. The summed E-state index contributed by atoms with van der Waals surface area (Å²) in [6.07, 6.45) is 4.19. The Kier molecular flexibility index (Phi) is 3.33. The van der Waals surface area contributed by atoms with Crippen LogP contribution in [-0.2, 0) is 12.0 Å². The average Bonchev–Trinajstić information content (AvgIpc) is 2.54. The monoisotopic (exact) mass is 234 g/mol. The summed E-state index contributed by atoms with van der Waals surface area (Å²) >= 11 is 0. The molecule has 2 heteroatoms. The second-order valence-corrected chi connectivity index (χ2v) is 6.84. The van der Waals surface area contributed by atoms with Crippen LogP contribution in [0.4, 0.5) is 0 Å². The lowest BCUT2D eigenvalue weighted by Gasteiger charge is -2.26. The molecule has 1 aromatic rings. The first-order valence-corrected chi connectivity index (χ1v) is 6.96. The summed E-state index contributed by atoms with van der Waals surface area (Å²) in [7, 11) is 0. The molecule has 1 heterocycles. The van der Waals surface area contributed by atoms with Crippen molar-refractivity contribution in [2.24, 2.45) is 5.92 Å². The van der Waals surface area contributed by atoms with E-state index in [1.807, 2.05) is 0 Å². The van der Waals surface area contributed by atoms with E-state index in [-0.39, 0.29) is 5.41 Å². The molecule has 17 heavy (non-hydrogen) atoms. The van der Waals surface area contributed by atoms with Gasteiger partial charge >= 0.3 is 0 Å². The van der Waals surface area contributed by atoms with Crippen LogP contribution in [0.15, 0.2) is 6.07 Å². The highest BCUT2D eigenvalue weighted by Crippen LogP contribution is 2.31. The van der Waals surface area contributed by atoms with E-state index in [0.717, 1.165) is 12.5 Å².